The van der Waals surface area contributed by atoms with E-state index < -0.39 is 5.60 Å². The van der Waals surface area contributed by atoms with Crippen molar-refractivity contribution in [3.8, 4) is 0 Å². The Morgan fingerprint density at radius 3 is 2.37 bits per heavy atom. The summed E-state index contributed by atoms with van der Waals surface area (Å²) in [6, 6.07) is 7.98. The normalized spacial score (nSPS) is 46.3. The second kappa shape index (κ2) is 5.48. The van der Waals surface area contributed by atoms with Crippen molar-refractivity contribution in [3.63, 3.8) is 0 Å². The van der Waals surface area contributed by atoms with Gasteiger partial charge in [-0.2, -0.15) is 0 Å². The molecule has 0 heterocycles. The van der Waals surface area contributed by atoms with Crippen LogP contribution in [-0.2, 0) is 4.79 Å². The molecule has 4 bridgehead atoms. The molecular formula is C24H29ClO2. The lowest BCUT2D eigenvalue weighted by atomic mass is 9.59. The van der Waals surface area contributed by atoms with E-state index in [4.69, 9.17) is 11.6 Å². The van der Waals surface area contributed by atoms with Crippen molar-refractivity contribution >= 4 is 17.4 Å². The van der Waals surface area contributed by atoms with Crippen LogP contribution in [0.2, 0.25) is 5.02 Å². The summed E-state index contributed by atoms with van der Waals surface area (Å²) >= 11 is 6.09. The first-order chi connectivity index (χ1) is 12.7. The number of aliphatic hydroxyl groups is 1. The van der Waals surface area contributed by atoms with E-state index in [1.165, 1.54) is 5.56 Å². The van der Waals surface area contributed by atoms with Crippen LogP contribution in [0.25, 0.3) is 0 Å². The van der Waals surface area contributed by atoms with Gasteiger partial charge in [-0.3, -0.25) is 4.79 Å². The van der Waals surface area contributed by atoms with E-state index in [9.17, 15) is 9.90 Å². The first kappa shape index (κ1) is 17.9. The quantitative estimate of drug-likeness (QED) is 0.709. The standard InChI is InChI=1S/C24H29ClO2/c1-22(2)17-10-11-23(22,3)24(27,13-17)21(26)20-16-5-4-15(12-16)19(20)14-6-8-18(25)9-7-14/h4-9,15-17,19-20,27H,10-13H2,1-3H3/t15-,16+,17+,19+,20+,23+,24-/m0/s1. The van der Waals surface area contributed by atoms with Gasteiger partial charge in [0.15, 0.2) is 5.78 Å². The largest absolute Gasteiger partial charge is 0.381 e. The third-order valence-corrected chi connectivity index (χ3v) is 9.57. The summed E-state index contributed by atoms with van der Waals surface area (Å²) in [6.07, 6.45) is 8.27. The minimum atomic E-state index is -1.19. The van der Waals surface area contributed by atoms with Gasteiger partial charge in [0.2, 0.25) is 0 Å². The summed E-state index contributed by atoms with van der Waals surface area (Å²) in [4.78, 5) is 14.0. The molecule has 3 fully saturated rings. The molecule has 0 aromatic heterocycles. The van der Waals surface area contributed by atoms with Gasteiger partial charge in [0.25, 0.3) is 0 Å². The molecule has 1 aromatic rings. The van der Waals surface area contributed by atoms with Crippen LogP contribution in [-0.4, -0.2) is 16.5 Å². The lowest BCUT2D eigenvalue weighted by Gasteiger charge is -2.46. The first-order valence-corrected chi connectivity index (χ1v) is 10.8. The molecule has 4 aliphatic carbocycles. The molecular weight excluding hydrogens is 356 g/mol. The fraction of sp³-hybridized carbons (Fsp3) is 0.625. The van der Waals surface area contributed by atoms with Gasteiger partial charge in [-0.25, -0.2) is 0 Å². The number of carbonyl (C=O) groups excluding carboxylic acids is 1. The smallest absolute Gasteiger partial charge is 0.169 e. The summed E-state index contributed by atoms with van der Waals surface area (Å²) < 4.78 is 0. The topological polar surface area (TPSA) is 37.3 Å². The molecule has 3 heteroatoms. The Morgan fingerprint density at radius 1 is 1.11 bits per heavy atom. The lowest BCUT2D eigenvalue weighted by Crippen LogP contribution is -2.56. The van der Waals surface area contributed by atoms with E-state index >= 15 is 0 Å². The van der Waals surface area contributed by atoms with Gasteiger partial charge in [-0.1, -0.05) is 56.7 Å². The maximum atomic E-state index is 14.0. The van der Waals surface area contributed by atoms with Crippen molar-refractivity contribution in [2.45, 2.75) is 58.0 Å². The Labute approximate surface area is 167 Å². The van der Waals surface area contributed by atoms with Crippen LogP contribution in [0.15, 0.2) is 36.4 Å². The highest BCUT2D eigenvalue weighted by atomic mass is 35.5. The van der Waals surface area contributed by atoms with E-state index in [1.54, 1.807) is 0 Å². The zero-order valence-corrected chi connectivity index (χ0v) is 17.2. The maximum Gasteiger partial charge on any atom is 0.169 e. The monoisotopic (exact) mass is 384 g/mol. The highest BCUT2D eigenvalue weighted by Gasteiger charge is 2.72. The van der Waals surface area contributed by atoms with Gasteiger partial charge in [-0.05, 0) is 66.5 Å². The molecule has 7 atom stereocenters. The summed E-state index contributed by atoms with van der Waals surface area (Å²) in [5.74, 6) is 1.26. The average molecular weight is 385 g/mol. The van der Waals surface area contributed by atoms with Gasteiger partial charge >= 0.3 is 0 Å². The van der Waals surface area contributed by atoms with Crippen molar-refractivity contribution in [2.75, 3.05) is 0 Å². The molecule has 5 rings (SSSR count). The number of allylic oxidation sites excluding steroid dienone is 2. The number of fused-ring (bicyclic) bond motifs is 4. The zero-order valence-electron chi connectivity index (χ0n) is 16.4. The first-order valence-electron chi connectivity index (χ1n) is 10.4. The number of halogens is 1. The summed E-state index contributed by atoms with van der Waals surface area (Å²) in [7, 11) is 0. The third kappa shape index (κ3) is 2.09. The van der Waals surface area contributed by atoms with Gasteiger partial charge in [0.1, 0.15) is 5.60 Å². The van der Waals surface area contributed by atoms with Crippen molar-refractivity contribution in [3.05, 3.63) is 47.0 Å². The van der Waals surface area contributed by atoms with Crippen molar-refractivity contribution in [2.24, 2.45) is 34.5 Å². The molecule has 0 unspecified atom stereocenters. The van der Waals surface area contributed by atoms with E-state index in [0.717, 1.165) is 24.3 Å². The molecule has 0 radical (unpaired) electrons. The molecule has 27 heavy (non-hydrogen) atoms. The Kier molecular flexibility index (Phi) is 3.64. The molecule has 0 saturated heterocycles. The molecule has 1 N–H and O–H groups in total. The molecule has 4 aliphatic rings. The molecule has 0 spiro atoms. The summed E-state index contributed by atoms with van der Waals surface area (Å²) in [5, 5.41) is 12.6. The average Bonchev–Trinajstić information content (AvgIpc) is 3.33. The number of hydrogen-bond donors (Lipinski definition) is 1. The SMILES string of the molecule is CC1(C)[C@@H]2CC[C@@]1(C)[C@@](O)(C(=O)[C@H]1[C@H](c3ccc(Cl)cc3)[C@H]3C=C[C@@H]1C3)C2. The van der Waals surface area contributed by atoms with E-state index in [1.807, 2.05) is 12.1 Å². The maximum absolute atomic E-state index is 14.0. The fourth-order valence-corrected chi connectivity index (χ4v) is 7.37. The molecule has 0 aliphatic heterocycles. The van der Waals surface area contributed by atoms with Crippen LogP contribution in [0.3, 0.4) is 0 Å². The van der Waals surface area contributed by atoms with Crippen LogP contribution in [0, 0.1) is 34.5 Å². The minimum absolute atomic E-state index is 0.0145. The third-order valence-electron chi connectivity index (χ3n) is 9.31. The Hall–Kier alpha value is -1.12. The minimum Gasteiger partial charge on any atom is -0.381 e. The molecule has 1 aromatic carbocycles. The van der Waals surface area contributed by atoms with Crippen molar-refractivity contribution in [1.82, 2.24) is 0 Å². The number of Topliss-reactive ketones (excluding diaryl/α,β-unsaturated/α-hetero) is 1. The van der Waals surface area contributed by atoms with E-state index in [2.05, 4.69) is 45.1 Å². The number of hydrogen-bond acceptors (Lipinski definition) is 2. The van der Waals surface area contributed by atoms with Crippen LogP contribution >= 0.6 is 11.6 Å². The van der Waals surface area contributed by atoms with Crippen LogP contribution < -0.4 is 0 Å². The lowest BCUT2D eigenvalue weighted by molar-refractivity contribution is -0.161. The number of benzene rings is 1. The predicted octanol–water partition coefficient (Wildman–Crippen LogP) is 5.39. The predicted molar refractivity (Wildman–Crippen MR) is 108 cm³/mol. The van der Waals surface area contributed by atoms with Gasteiger partial charge < -0.3 is 5.11 Å². The van der Waals surface area contributed by atoms with Crippen LogP contribution in [0.1, 0.15) is 57.9 Å². The zero-order chi connectivity index (χ0) is 19.2. The summed E-state index contributed by atoms with van der Waals surface area (Å²) in [6.45, 7) is 6.68. The summed E-state index contributed by atoms with van der Waals surface area (Å²) in [5.41, 5.74) is -0.309. The van der Waals surface area contributed by atoms with Gasteiger partial charge in [0.05, 0.1) is 0 Å². The molecule has 2 nitrogen and oxygen atoms in total. The Balaban J connectivity index is 1.54. The van der Waals surface area contributed by atoms with E-state index in [-0.39, 0.29) is 34.4 Å². The van der Waals surface area contributed by atoms with Gasteiger partial charge in [-0.15, -0.1) is 0 Å². The van der Waals surface area contributed by atoms with Crippen molar-refractivity contribution in [1.29, 1.82) is 0 Å². The van der Waals surface area contributed by atoms with Gasteiger partial charge in [0, 0.05) is 22.3 Å². The number of rotatable bonds is 3. The molecule has 3 saturated carbocycles. The van der Waals surface area contributed by atoms with Crippen LogP contribution in [0.4, 0.5) is 0 Å². The second-order valence-electron chi connectivity index (χ2n) is 10.3. The molecule has 0 amide bonds. The molecule has 144 valence electrons. The Bertz CT molecular complexity index is 825. The fourth-order valence-electron chi connectivity index (χ4n) is 7.24. The van der Waals surface area contributed by atoms with E-state index in [0.29, 0.717) is 18.3 Å². The number of ketones is 1. The van der Waals surface area contributed by atoms with Crippen LogP contribution in [0.5, 0.6) is 0 Å². The highest BCUT2D eigenvalue weighted by Crippen LogP contribution is 2.71. The second-order valence-corrected chi connectivity index (χ2v) is 10.7. The number of carbonyl (C=O) groups is 1. The van der Waals surface area contributed by atoms with Crippen molar-refractivity contribution < 1.29 is 9.90 Å². The highest BCUT2D eigenvalue weighted by molar-refractivity contribution is 6.30. The Morgan fingerprint density at radius 2 is 1.78 bits per heavy atom.